The van der Waals surface area contributed by atoms with Gasteiger partial charge in [0.25, 0.3) is 0 Å². The Kier molecular flexibility index (Phi) is 9.74. The molecule has 3 fully saturated rings. The molecule has 0 aromatic heterocycles. The highest BCUT2D eigenvalue weighted by Crippen LogP contribution is 2.48. The molecule has 3 saturated carbocycles. The molecule has 0 atom stereocenters. The van der Waals surface area contributed by atoms with Crippen molar-refractivity contribution in [2.75, 3.05) is 0 Å². The Bertz CT molecular complexity index is 942. The van der Waals surface area contributed by atoms with Crippen molar-refractivity contribution >= 4 is 0 Å². The number of rotatable bonds is 8. The Labute approximate surface area is 221 Å². The van der Waals surface area contributed by atoms with Crippen molar-refractivity contribution in [2.45, 2.75) is 90.1 Å². The largest absolute Gasteiger partial charge is 0.453 e. The number of hydrogen-bond acceptors (Lipinski definition) is 2. The lowest BCUT2D eigenvalue weighted by Gasteiger charge is -2.41. The van der Waals surface area contributed by atoms with E-state index >= 15 is 0 Å². The molecule has 4 rings (SSSR count). The van der Waals surface area contributed by atoms with Crippen LogP contribution in [0.3, 0.4) is 0 Å². The van der Waals surface area contributed by atoms with Gasteiger partial charge in [-0.05, 0) is 114 Å². The number of alkyl halides is 2. The van der Waals surface area contributed by atoms with Gasteiger partial charge in [-0.1, -0.05) is 12.2 Å². The summed E-state index contributed by atoms with van der Waals surface area (Å²) in [6, 6.07) is 1.04. The SMILES string of the molecule is CC=CC1CCC(C2CCC(C3CCC(C(F)(F)Oc4cc(F)c(OC=C(F)F)c(F)c4)CC3)CC2)CC1. The van der Waals surface area contributed by atoms with Gasteiger partial charge in [-0.2, -0.15) is 17.6 Å². The van der Waals surface area contributed by atoms with Crippen LogP contribution in [0.1, 0.15) is 84.0 Å². The molecule has 0 unspecified atom stereocenters. The molecule has 0 saturated heterocycles. The fourth-order valence-corrected chi connectivity index (χ4v) is 7.15. The average molecular weight is 545 g/mol. The monoisotopic (exact) mass is 544 g/mol. The lowest BCUT2D eigenvalue weighted by atomic mass is 9.65. The van der Waals surface area contributed by atoms with Gasteiger partial charge in [0, 0.05) is 12.1 Å². The highest BCUT2D eigenvalue weighted by atomic mass is 19.3. The van der Waals surface area contributed by atoms with Crippen molar-refractivity contribution in [3.05, 3.63) is 48.3 Å². The molecule has 3 aliphatic rings. The van der Waals surface area contributed by atoms with Gasteiger partial charge in [-0.3, -0.25) is 0 Å². The normalized spacial score (nSPS) is 30.7. The summed E-state index contributed by atoms with van der Waals surface area (Å²) in [5, 5.41) is 0. The zero-order valence-corrected chi connectivity index (χ0v) is 21.9. The second kappa shape index (κ2) is 12.8. The number of benzene rings is 1. The molecule has 38 heavy (non-hydrogen) atoms. The molecule has 0 amide bonds. The van der Waals surface area contributed by atoms with Crippen LogP contribution in [0.4, 0.5) is 26.3 Å². The van der Waals surface area contributed by atoms with Crippen LogP contribution < -0.4 is 9.47 Å². The Hall–Kier alpha value is -2.12. The minimum Gasteiger partial charge on any atom is -0.453 e. The van der Waals surface area contributed by atoms with Gasteiger partial charge >= 0.3 is 12.2 Å². The van der Waals surface area contributed by atoms with E-state index in [1.165, 1.54) is 51.4 Å². The van der Waals surface area contributed by atoms with Crippen LogP contribution in [0, 0.1) is 47.1 Å². The van der Waals surface area contributed by atoms with E-state index in [0.29, 0.717) is 49.7 Å². The van der Waals surface area contributed by atoms with Crippen LogP contribution >= 0.6 is 0 Å². The van der Waals surface area contributed by atoms with Crippen LogP contribution in [0.15, 0.2) is 36.6 Å². The van der Waals surface area contributed by atoms with E-state index in [1.807, 2.05) is 0 Å². The van der Waals surface area contributed by atoms with Gasteiger partial charge in [0.2, 0.25) is 0 Å². The van der Waals surface area contributed by atoms with E-state index in [9.17, 15) is 26.3 Å². The van der Waals surface area contributed by atoms with E-state index in [1.54, 1.807) is 0 Å². The smallest absolute Gasteiger partial charge is 0.400 e. The zero-order valence-electron chi connectivity index (χ0n) is 21.9. The van der Waals surface area contributed by atoms with Crippen molar-refractivity contribution < 1.29 is 35.8 Å². The summed E-state index contributed by atoms with van der Waals surface area (Å²) >= 11 is 0. The average Bonchev–Trinajstić information content (AvgIpc) is 2.89. The summed E-state index contributed by atoms with van der Waals surface area (Å²) in [6.45, 7) is 2.09. The predicted molar refractivity (Wildman–Crippen MR) is 134 cm³/mol. The quantitative estimate of drug-likeness (QED) is 0.184. The predicted octanol–water partition coefficient (Wildman–Crippen LogP) is 10.0. The molecule has 1 aromatic carbocycles. The van der Waals surface area contributed by atoms with Crippen molar-refractivity contribution in [1.29, 1.82) is 0 Å². The van der Waals surface area contributed by atoms with Gasteiger partial charge < -0.3 is 9.47 Å². The summed E-state index contributed by atoms with van der Waals surface area (Å²) < 4.78 is 91.2. The molecule has 0 radical (unpaired) electrons. The Morgan fingerprint density at radius 1 is 0.763 bits per heavy atom. The maximum atomic E-state index is 14.9. The highest BCUT2D eigenvalue weighted by Gasteiger charge is 2.45. The lowest BCUT2D eigenvalue weighted by molar-refractivity contribution is -0.224. The van der Waals surface area contributed by atoms with Gasteiger partial charge in [-0.15, -0.1) is 0 Å². The molecule has 212 valence electrons. The van der Waals surface area contributed by atoms with Crippen LogP contribution in [0.2, 0.25) is 0 Å². The minimum absolute atomic E-state index is 0.127. The maximum Gasteiger partial charge on any atom is 0.400 e. The van der Waals surface area contributed by atoms with Crippen molar-refractivity contribution in [2.24, 2.45) is 35.5 Å². The van der Waals surface area contributed by atoms with Crippen LogP contribution in [-0.2, 0) is 0 Å². The molecule has 1 aromatic rings. The second-order valence-corrected chi connectivity index (χ2v) is 11.4. The maximum absolute atomic E-state index is 14.9. The van der Waals surface area contributed by atoms with Crippen LogP contribution in [0.25, 0.3) is 0 Å². The third kappa shape index (κ3) is 7.29. The molecule has 3 aliphatic carbocycles. The van der Waals surface area contributed by atoms with E-state index < -0.39 is 41.2 Å². The standard InChI is InChI=1S/C30H38F6O2/c1-2-3-19-4-6-20(7-5-19)21-8-10-22(11-9-21)23-12-14-24(15-13-23)30(35,36)38-25-16-26(31)29(27(32)17-25)37-18-28(33)34/h2-3,16-24H,4-15H2,1H3. The van der Waals surface area contributed by atoms with Crippen molar-refractivity contribution in [1.82, 2.24) is 0 Å². The Morgan fingerprint density at radius 3 is 1.66 bits per heavy atom. The first kappa shape index (κ1) is 28.9. The molecule has 0 spiro atoms. The Balaban J connectivity index is 1.24. The molecule has 8 heteroatoms. The highest BCUT2D eigenvalue weighted by molar-refractivity contribution is 5.35. The molecule has 0 N–H and O–H groups in total. The molecule has 0 aliphatic heterocycles. The van der Waals surface area contributed by atoms with Crippen LogP contribution in [0.5, 0.6) is 11.5 Å². The number of ether oxygens (including phenoxy) is 2. The molecule has 0 heterocycles. The third-order valence-corrected chi connectivity index (χ3v) is 9.17. The lowest BCUT2D eigenvalue weighted by Crippen LogP contribution is -2.38. The first-order valence-electron chi connectivity index (χ1n) is 14.0. The first-order valence-corrected chi connectivity index (χ1v) is 14.0. The van der Waals surface area contributed by atoms with E-state index in [2.05, 4.69) is 23.8 Å². The fraction of sp³-hybridized carbons (Fsp3) is 0.667. The summed E-state index contributed by atoms with van der Waals surface area (Å²) in [5.74, 6) is -2.27. The van der Waals surface area contributed by atoms with Gasteiger partial charge in [-0.25, -0.2) is 8.78 Å². The van der Waals surface area contributed by atoms with Gasteiger partial charge in [0.15, 0.2) is 23.6 Å². The van der Waals surface area contributed by atoms with E-state index in [0.717, 1.165) is 17.8 Å². The Morgan fingerprint density at radius 2 is 1.21 bits per heavy atom. The first-order chi connectivity index (χ1) is 18.2. The zero-order chi connectivity index (χ0) is 27.3. The molecule has 2 nitrogen and oxygen atoms in total. The van der Waals surface area contributed by atoms with Crippen molar-refractivity contribution in [3.63, 3.8) is 0 Å². The molecular weight excluding hydrogens is 506 g/mol. The minimum atomic E-state index is -3.60. The summed E-state index contributed by atoms with van der Waals surface area (Å²) in [7, 11) is 0. The third-order valence-electron chi connectivity index (χ3n) is 9.17. The summed E-state index contributed by atoms with van der Waals surface area (Å²) in [5.41, 5.74) is 0. The van der Waals surface area contributed by atoms with Gasteiger partial charge in [0.1, 0.15) is 5.75 Å². The molecular formula is C30H38F6O2. The molecule has 0 bridgehead atoms. The topological polar surface area (TPSA) is 18.5 Å². The number of hydrogen-bond donors (Lipinski definition) is 0. The van der Waals surface area contributed by atoms with Crippen LogP contribution in [-0.4, -0.2) is 6.11 Å². The number of allylic oxidation sites excluding steroid dienone is 2. The van der Waals surface area contributed by atoms with Crippen molar-refractivity contribution in [3.8, 4) is 11.5 Å². The number of halogens is 6. The summed E-state index contributed by atoms with van der Waals surface area (Å²) in [6.07, 6.45) is 10.5. The van der Waals surface area contributed by atoms with E-state index in [-0.39, 0.29) is 6.26 Å². The van der Waals surface area contributed by atoms with E-state index in [4.69, 9.17) is 4.74 Å². The fourth-order valence-electron chi connectivity index (χ4n) is 7.15. The second-order valence-electron chi connectivity index (χ2n) is 11.4. The van der Waals surface area contributed by atoms with Gasteiger partial charge in [0.05, 0.1) is 5.92 Å². The summed E-state index contributed by atoms with van der Waals surface area (Å²) in [4.78, 5) is 0.